The molecule has 17 heavy (non-hydrogen) atoms. The zero-order chi connectivity index (χ0) is 13.0. The molecule has 2 atom stereocenters. The maximum absolute atomic E-state index is 11.9. The summed E-state index contributed by atoms with van der Waals surface area (Å²) in [6, 6.07) is -0.877. The number of carbonyl (C=O) groups is 2. The van der Waals surface area contributed by atoms with Gasteiger partial charge in [0.1, 0.15) is 6.04 Å². The van der Waals surface area contributed by atoms with Crippen LogP contribution in [-0.2, 0) is 4.79 Å². The topological polar surface area (TPSA) is 69.6 Å². The van der Waals surface area contributed by atoms with Gasteiger partial charge in [-0.05, 0) is 32.1 Å². The molecule has 2 unspecified atom stereocenters. The number of urea groups is 1. The van der Waals surface area contributed by atoms with Crippen molar-refractivity contribution in [1.29, 1.82) is 0 Å². The van der Waals surface area contributed by atoms with Crippen LogP contribution in [0.2, 0.25) is 0 Å². The number of nitrogens with zero attached hydrogens (tertiary/aromatic N) is 1. The van der Waals surface area contributed by atoms with E-state index in [-0.39, 0.29) is 12.1 Å². The fourth-order valence-electron chi connectivity index (χ4n) is 1.88. The standard InChI is InChI=1S/C12H22N2O3/c1-4-5-10(11(15)16)13-12(17)14(3)8(2)9-6-7-9/h8-10H,4-7H2,1-3H3,(H,13,17)(H,15,16). The molecule has 1 rings (SSSR count). The average Bonchev–Trinajstić information content (AvgIpc) is 3.09. The molecule has 5 nitrogen and oxygen atoms in total. The van der Waals surface area contributed by atoms with Crippen molar-refractivity contribution in [1.82, 2.24) is 10.2 Å². The third kappa shape index (κ3) is 3.91. The molecule has 5 heteroatoms. The molecule has 98 valence electrons. The van der Waals surface area contributed by atoms with Gasteiger partial charge in [-0.2, -0.15) is 0 Å². The molecule has 0 saturated heterocycles. The summed E-state index contributed by atoms with van der Waals surface area (Å²) in [5.74, 6) is -0.382. The minimum absolute atomic E-state index is 0.186. The molecule has 0 aromatic rings. The number of aliphatic carboxylic acids is 1. The molecule has 0 radical (unpaired) electrons. The molecule has 1 aliphatic carbocycles. The van der Waals surface area contributed by atoms with E-state index in [1.165, 1.54) is 0 Å². The van der Waals surface area contributed by atoms with E-state index in [9.17, 15) is 9.59 Å². The molecule has 0 spiro atoms. The number of amides is 2. The maximum Gasteiger partial charge on any atom is 0.326 e. The highest BCUT2D eigenvalue weighted by atomic mass is 16.4. The molecular formula is C12H22N2O3. The van der Waals surface area contributed by atoms with Crippen LogP contribution < -0.4 is 5.32 Å². The number of carboxylic acid groups (broad SMARTS) is 1. The second-order valence-electron chi connectivity index (χ2n) is 4.82. The van der Waals surface area contributed by atoms with Crippen molar-refractivity contribution in [2.45, 2.75) is 51.6 Å². The maximum atomic E-state index is 11.9. The molecule has 2 amide bonds. The molecular weight excluding hydrogens is 220 g/mol. The molecule has 2 N–H and O–H groups in total. The van der Waals surface area contributed by atoms with Crippen LogP contribution in [0.3, 0.4) is 0 Å². The summed E-state index contributed by atoms with van der Waals surface area (Å²) in [5, 5.41) is 11.5. The van der Waals surface area contributed by atoms with E-state index in [1.807, 2.05) is 13.8 Å². The van der Waals surface area contributed by atoms with Crippen molar-refractivity contribution >= 4 is 12.0 Å². The fourth-order valence-corrected chi connectivity index (χ4v) is 1.88. The lowest BCUT2D eigenvalue weighted by atomic mass is 10.1. The molecule has 0 bridgehead atoms. The molecule has 1 saturated carbocycles. The van der Waals surface area contributed by atoms with Gasteiger partial charge >= 0.3 is 12.0 Å². The van der Waals surface area contributed by atoms with Crippen molar-refractivity contribution in [3.8, 4) is 0 Å². The van der Waals surface area contributed by atoms with Crippen molar-refractivity contribution in [3.05, 3.63) is 0 Å². The average molecular weight is 242 g/mol. The van der Waals surface area contributed by atoms with E-state index in [0.29, 0.717) is 12.3 Å². The Morgan fingerprint density at radius 3 is 2.47 bits per heavy atom. The number of carbonyl (C=O) groups excluding carboxylic acids is 1. The zero-order valence-corrected chi connectivity index (χ0v) is 10.8. The summed E-state index contributed by atoms with van der Waals surface area (Å²) in [6.07, 6.45) is 3.53. The number of hydrogen-bond donors (Lipinski definition) is 2. The summed E-state index contributed by atoms with van der Waals surface area (Å²) in [6.45, 7) is 3.91. The first-order valence-electron chi connectivity index (χ1n) is 6.23. The minimum Gasteiger partial charge on any atom is -0.480 e. The van der Waals surface area contributed by atoms with E-state index in [0.717, 1.165) is 19.3 Å². The predicted octanol–water partition coefficient (Wildman–Crippen LogP) is 1.68. The fraction of sp³-hybridized carbons (Fsp3) is 0.833. The van der Waals surface area contributed by atoms with Crippen LogP contribution in [0.1, 0.15) is 39.5 Å². The Labute approximate surface area is 102 Å². The van der Waals surface area contributed by atoms with Gasteiger partial charge in [-0.3, -0.25) is 0 Å². The van der Waals surface area contributed by atoms with Gasteiger partial charge in [0.15, 0.2) is 0 Å². The Morgan fingerprint density at radius 2 is 2.06 bits per heavy atom. The Hall–Kier alpha value is -1.26. The van der Waals surface area contributed by atoms with Gasteiger partial charge in [0, 0.05) is 13.1 Å². The molecule has 0 heterocycles. The Kier molecular flexibility index (Phi) is 4.78. The predicted molar refractivity (Wildman–Crippen MR) is 64.8 cm³/mol. The lowest BCUT2D eigenvalue weighted by molar-refractivity contribution is -0.139. The smallest absolute Gasteiger partial charge is 0.326 e. The first kappa shape index (κ1) is 13.8. The summed E-state index contributed by atoms with van der Waals surface area (Å²) < 4.78 is 0. The van der Waals surface area contributed by atoms with E-state index in [4.69, 9.17) is 5.11 Å². The highest BCUT2D eigenvalue weighted by molar-refractivity contribution is 5.82. The Bertz CT molecular complexity index is 289. The van der Waals surface area contributed by atoms with E-state index >= 15 is 0 Å². The number of carboxylic acids is 1. The molecule has 0 aromatic heterocycles. The largest absolute Gasteiger partial charge is 0.480 e. The van der Waals surface area contributed by atoms with E-state index in [1.54, 1.807) is 11.9 Å². The summed E-state index contributed by atoms with van der Waals surface area (Å²) in [5.41, 5.74) is 0. The zero-order valence-electron chi connectivity index (χ0n) is 10.8. The van der Waals surface area contributed by atoms with Crippen molar-refractivity contribution in [3.63, 3.8) is 0 Å². The van der Waals surface area contributed by atoms with Gasteiger partial charge in [-0.15, -0.1) is 0 Å². The van der Waals surface area contributed by atoms with Crippen LogP contribution in [0, 0.1) is 5.92 Å². The lowest BCUT2D eigenvalue weighted by Crippen LogP contribution is -2.49. The number of rotatable bonds is 6. The van der Waals surface area contributed by atoms with Gasteiger partial charge in [0.25, 0.3) is 0 Å². The molecule has 0 aliphatic heterocycles. The summed E-state index contributed by atoms with van der Waals surface area (Å²) in [4.78, 5) is 24.4. The quantitative estimate of drug-likeness (QED) is 0.744. The number of hydrogen-bond acceptors (Lipinski definition) is 2. The van der Waals surface area contributed by atoms with Crippen LogP contribution in [0.15, 0.2) is 0 Å². The van der Waals surface area contributed by atoms with Gasteiger partial charge in [0.05, 0.1) is 0 Å². The monoisotopic (exact) mass is 242 g/mol. The minimum atomic E-state index is -0.965. The van der Waals surface area contributed by atoms with E-state index < -0.39 is 12.0 Å². The summed E-state index contributed by atoms with van der Waals surface area (Å²) in [7, 11) is 1.73. The normalized spacial score (nSPS) is 18.3. The van der Waals surface area contributed by atoms with Crippen LogP contribution in [0.5, 0.6) is 0 Å². The molecule has 0 aromatic carbocycles. The van der Waals surface area contributed by atoms with Crippen molar-refractivity contribution in [2.75, 3.05) is 7.05 Å². The lowest BCUT2D eigenvalue weighted by Gasteiger charge is -2.26. The van der Waals surface area contributed by atoms with Crippen LogP contribution in [-0.4, -0.2) is 41.1 Å². The molecule has 1 fully saturated rings. The van der Waals surface area contributed by atoms with Crippen molar-refractivity contribution < 1.29 is 14.7 Å². The third-order valence-electron chi connectivity index (χ3n) is 3.41. The van der Waals surface area contributed by atoms with Crippen molar-refractivity contribution in [2.24, 2.45) is 5.92 Å². The highest BCUT2D eigenvalue weighted by Gasteiger charge is 2.33. The van der Waals surface area contributed by atoms with Crippen LogP contribution in [0.4, 0.5) is 4.79 Å². The van der Waals surface area contributed by atoms with Crippen LogP contribution >= 0.6 is 0 Å². The van der Waals surface area contributed by atoms with E-state index in [2.05, 4.69) is 5.32 Å². The first-order chi connectivity index (χ1) is 7.97. The summed E-state index contributed by atoms with van der Waals surface area (Å²) >= 11 is 0. The highest BCUT2D eigenvalue weighted by Crippen LogP contribution is 2.34. The SMILES string of the molecule is CCCC(NC(=O)N(C)C(C)C1CC1)C(=O)O. The van der Waals surface area contributed by atoms with Gasteiger partial charge < -0.3 is 15.3 Å². The molecule has 1 aliphatic rings. The van der Waals surface area contributed by atoms with Gasteiger partial charge in [-0.25, -0.2) is 9.59 Å². The first-order valence-corrected chi connectivity index (χ1v) is 6.23. The second-order valence-corrected chi connectivity index (χ2v) is 4.82. The Balaban J connectivity index is 2.47. The third-order valence-corrected chi connectivity index (χ3v) is 3.41. The Morgan fingerprint density at radius 1 is 1.47 bits per heavy atom. The number of nitrogens with one attached hydrogen (secondary N) is 1. The van der Waals surface area contributed by atoms with Gasteiger partial charge in [-0.1, -0.05) is 13.3 Å². The second kappa shape index (κ2) is 5.89. The van der Waals surface area contributed by atoms with Gasteiger partial charge in [0.2, 0.25) is 0 Å². The van der Waals surface area contributed by atoms with Crippen LogP contribution in [0.25, 0.3) is 0 Å².